The number of pyridine rings is 1. The lowest BCUT2D eigenvalue weighted by atomic mass is 10.00. The zero-order valence-corrected chi connectivity index (χ0v) is 27.4. The zero-order chi connectivity index (χ0) is 32.7. The quantitative estimate of drug-likeness (QED) is 0.0666. The number of thioether (sulfide) groups is 1. The van der Waals surface area contributed by atoms with Crippen LogP contribution < -0.4 is 14.8 Å². The van der Waals surface area contributed by atoms with Crippen LogP contribution in [0.5, 0.6) is 5.75 Å². The van der Waals surface area contributed by atoms with Gasteiger partial charge in [0.05, 0.1) is 32.9 Å². The number of nitrogens with zero attached hydrogens (tertiary/aromatic N) is 2. The molecule has 0 saturated heterocycles. The second-order valence-electron chi connectivity index (χ2n) is 10.9. The Kier molecular flexibility index (Phi) is 10.8. The number of nitro benzene ring substituents is 1. The molecule has 0 unspecified atom stereocenters. The van der Waals surface area contributed by atoms with E-state index in [9.17, 15) is 23.3 Å². The molecule has 12 heteroatoms. The van der Waals surface area contributed by atoms with Crippen LogP contribution >= 0.6 is 11.8 Å². The Bertz CT molecular complexity index is 1790. The third-order valence-electron chi connectivity index (χ3n) is 6.62. The summed E-state index contributed by atoms with van der Waals surface area (Å²) < 4.78 is 34.6. The van der Waals surface area contributed by atoms with Crippen LogP contribution in [0.2, 0.25) is 0 Å². The Morgan fingerprint density at radius 3 is 2.40 bits per heavy atom. The van der Waals surface area contributed by atoms with Crippen LogP contribution in [-0.2, 0) is 10.0 Å². The minimum absolute atomic E-state index is 0.0643. The molecule has 1 heterocycles. The van der Waals surface area contributed by atoms with Gasteiger partial charge in [-0.3, -0.25) is 19.9 Å². The van der Waals surface area contributed by atoms with Crippen molar-refractivity contribution in [3.8, 4) is 17.0 Å². The van der Waals surface area contributed by atoms with Crippen LogP contribution in [0.4, 0.5) is 11.4 Å². The largest absolute Gasteiger partial charge is 0.490 e. The van der Waals surface area contributed by atoms with Crippen LogP contribution in [0.3, 0.4) is 0 Å². The topological polar surface area (TPSA) is 141 Å². The number of sulfonamides is 1. The van der Waals surface area contributed by atoms with E-state index in [2.05, 4.69) is 10.0 Å². The minimum atomic E-state index is -4.46. The Hall–Kier alpha value is -4.42. The van der Waals surface area contributed by atoms with E-state index in [4.69, 9.17) is 9.72 Å². The van der Waals surface area contributed by atoms with Crippen LogP contribution in [0.25, 0.3) is 11.3 Å². The van der Waals surface area contributed by atoms with E-state index in [1.54, 1.807) is 17.8 Å². The number of nitro groups is 1. The number of amides is 1. The molecule has 10 nitrogen and oxygen atoms in total. The molecule has 0 bridgehead atoms. The van der Waals surface area contributed by atoms with E-state index in [1.807, 2.05) is 83.1 Å². The molecule has 4 rings (SSSR count). The van der Waals surface area contributed by atoms with Crippen molar-refractivity contribution < 1.29 is 22.9 Å². The second-order valence-corrected chi connectivity index (χ2v) is 13.8. The molecule has 236 valence electrons. The maximum Gasteiger partial charge on any atom is 0.293 e. The summed E-state index contributed by atoms with van der Waals surface area (Å²) in [5.41, 5.74) is 2.59. The van der Waals surface area contributed by atoms with Gasteiger partial charge < -0.3 is 10.1 Å². The Labute approximate surface area is 267 Å². The molecule has 0 atom stereocenters. The average Bonchev–Trinajstić information content (AvgIpc) is 2.99. The molecule has 1 amide bonds. The first-order chi connectivity index (χ1) is 21.4. The van der Waals surface area contributed by atoms with Gasteiger partial charge in [0, 0.05) is 28.8 Å². The predicted octanol–water partition coefficient (Wildman–Crippen LogP) is 7.20. The molecular formula is C33H36N4O6S2. The van der Waals surface area contributed by atoms with Gasteiger partial charge in [0.25, 0.3) is 21.6 Å². The first-order valence-corrected chi connectivity index (χ1v) is 16.9. The molecular weight excluding hydrogens is 613 g/mol. The number of rotatable bonds is 13. The maximum atomic E-state index is 13.3. The Morgan fingerprint density at radius 1 is 1.00 bits per heavy atom. The number of ether oxygens (including phenoxy) is 1. The highest BCUT2D eigenvalue weighted by Crippen LogP contribution is 2.33. The molecule has 1 aromatic heterocycles. The van der Waals surface area contributed by atoms with E-state index in [-0.39, 0.29) is 23.3 Å². The van der Waals surface area contributed by atoms with Gasteiger partial charge in [0.15, 0.2) is 0 Å². The fraction of sp³-hybridized carbons (Fsp3) is 0.273. The van der Waals surface area contributed by atoms with Gasteiger partial charge in [0.1, 0.15) is 11.4 Å². The van der Waals surface area contributed by atoms with Crippen molar-refractivity contribution in [3.63, 3.8) is 0 Å². The van der Waals surface area contributed by atoms with Gasteiger partial charge in [0.2, 0.25) is 0 Å². The minimum Gasteiger partial charge on any atom is -0.490 e. The lowest BCUT2D eigenvalue weighted by Gasteiger charge is -2.17. The molecule has 0 fully saturated rings. The number of carbonyl (C=O) groups excluding carboxylic acids is 1. The second kappa shape index (κ2) is 14.6. The van der Waals surface area contributed by atoms with Gasteiger partial charge in [-0.1, -0.05) is 43.7 Å². The fourth-order valence-electron chi connectivity index (χ4n) is 4.54. The zero-order valence-electron chi connectivity index (χ0n) is 25.7. The van der Waals surface area contributed by atoms with E-state index < -0.39 is 31.4 Å². The summed E-state index contributed by atoms with van der Waals surface area (Å²) >= 11 is 1.58. The third kappa shape index (κ3) is 8.61. The summed E-state index contributed by atoms with van der Waals surface area (Å²) in [6.07, 6.45) is -0.0643. The van der Waals surface area contributed by atoms with E-state index in [0.717, 1.165) is 22.1 Å². The van der Waals surface area contributed by atoms with Crippen molar-refractivity contribution in [1.82, 2.24) is 9.71 Å². The Morgan fingerprint density at radius 2 is 1.73 bits per heavy atom. The molecule has 2 N–H and O–H groups in total. The molecule has 0 aliphatic carbocycles. The lowest BCUT2D eigenvalue weighted by molar-refractivity contribution is -0.384. The number of carbonyl (C=O) groups is 1. The van der Waals surface area contributed by atoms with Crippen LogP contribution in [-0.4, -0.2) is 42.6 Å². The normalized spacial score (nSPS) is 11.4. The average molecular weight is 649 g/mol. The van der Waals surface area contributed by atoms with Crippen LogP contribution in [0.1, 0.15) is 55.2 Å². The van der Waals surface area contributed by atoms with Crippen molar-refractivity contribution in [2.75, 3.05) is 17.6 Å². The summed E-state index contributed by atoms with van der Waals surface area (Å²) in [5, 5.41) is 14.8. The van der Waals surface area contributed by atoms with Gasteiger partial charge >= 0.3 is 0 Å². The summed E-state index contributed by atoms with van der Waals surface area (Å²) in [4.78, 5) is 29.9. The summed E-state index contributed by atoms with van der Waals surface area (Å²) in [7, 11) is -4.46. The van der Waals surface area contributed by atoms with Crippen molar-refractivity contribution in [2.45, 2.75) is 56.4 Å². The number of anilines is 1. The highest BCUT2D eigenvalue weighted by molar-refractivity contribution is 7.99. The van der Waals surface area contributed by atoms with Gasteiger partial charge in [-0.15, -0.1) is 11.8 Å². The molecule has 0 saturated carbocycles. The first kappa shape index (κ1) is 33.5. The van der Waals surface area contributed by atoms with Crippen LogP contribution in [0, 0.1) is 17.0 Å². The molecule has 0 aliphatic rings. The summed E-state index contributed by atoms with van der Waals surface area (Å²) in [6.45, 7) is 9.93. The summed E-state index contributed by atoms with van der Waals surface area (Å²) in [5.74, 6) is 0.174. The fourth-order valence-corrected chi connectivity index (χ4v) is 6.32. The molecule has 0 spiro atoms. The van der Waals surface area contributed by atoms with Crippen molar-refractivity contribution in [2.24, 2.45) is 0 Å². The summed E-state index contributed by atoms with van der Waals surface area (Å²) in [6, 6.07) is 22.2. The molecule has 3 aromatic carbocycles. The predicted molar refractivity (Wildman–Crippen MR) is 178 cm³/mol. The van der Waals surface area contributed by atoms with Crippen molar-refractivity contribution in [3.05, 3.63) is 106 Å². The highest BCUT2D eigenvalue weighted by atomic mass is 32.2. The van der Waals surface area contributed by atoms with E-state index in [1.165, 1.54) is 18.2 Å². The monoisotopic (exact) mass is 648 g/mol. The SMILES string of the molecule is Cc1ccc(OC(C)C)c(-c2ccc(C(=O)NS(=O)(=O)c3ccc(NCCSc4ccccc4)c([N+](=O)[O-])c3)c(C(C)C)n2)c1. The van der Waals surface area contributed by atoms with Gasteiger partial charge in [-0.2, -0.15) is 0 Å². The van der Waals surface area contributed by atoms with Crippen molar-refractivity contribution >= 4 is 39.1 Å². The van der Waals surface area contributed by atoms with Crippen molar-refractivity contribution in [1.29, 1.82) is 0 Å². The number of hydrogen-bond donors (Lipinski definition) is 2. The smallest absolute Gasteiger partial charge is 0.293 e. The molecule has 0 radical (unpaired) electrons. The Balaban J connectivity index is 1.55. The number of nitrogens with one attached hydrogen (secondary N) is 2. The first-order valence-electron chi connectivity index (χ1n) is 14.4. The van der Waals surface area contributed by atoms with Gasteiger partial charge in [-0.25, -0.2) is 13.1 Å². The number of benzene rings is 3. The van der Waals surface area contributed by atoms with E-state index >= 15 is 0 Å². The maximum absolute atomic E-state index is 13.3. The highest BCUT2D eigenvalue weighted by Gasteiger charge is 2.26. The number of hydrogen-bond acceptors (Lipinski definition) is 9. The lowest BCUT2D eigenvalue weighted by Crippen LogP contribution is -2.31. The standard InChI is InChI=1S/C33H36N4O6S2/c1-21(2)32-26(13-15-28(35-32)27-19-23(5)11-16-31(27)43-22(3)4)33(38)36-45(41,42)25-12-14-29(30(20-25)37(39)40)34-17-18-44-24-9-7-6-8-10-24/h6-16,19-22,34H,17-18H2,1-5H3,(H,36,38). The molecule has 4 aromatic rings. The van der Waals surface area contributed by atoms with Crippen LogP contribution in [0.15, 0.2) is 88.7 Å². The molecule has 45 heavy (non-hydrogen) atoms. The molecule has 0 aliphatic heterocycles. The van der Waals surface area contributed by atoms with E-state index in [0.29, 0.717) is 29.4 Å². The number of aromatic nitrogens is 1. The number of aryl methyl sites for hydroxylation is 1. The third-order valence-corrected chi connectivity index (χ3v) is 8.97. The van der Waals surface area contributed by atoms with Gasteiger partial charge in [-0.05, 0) is 75.2 Å².